The van der Waals surface area contributed by atoms with Crippen molar-refractivity contribution < 1.29 is 9.84 Å². The van der Waals surface area contributed by atoms with Crippen molar-refractivity contribution in [2.24, 2.45) is 0 Å². The van der Waals surface area contributed by atoms with E-state index < -0.39 is 6.10 Å². The van der Waals surface area contributed by atoms with Crippen molar-refractivity contribution in [1.82, 2.24) is 9.78 Å². The molecule has 0 aliphatic carbocycles. The molecule has 4 heteroatoms. The van der Waals surface area contributed by atoms with Crippen LogP contribution >= 0.6 is 0 Å². The Balaban J connectivity index is 1.93. The van der Waals surface area contributed by atoms with Gasteiger partial charge in [0.1, 0.15) is 17.5 Å². The fourth-order valence-electron chi connectivity index (χ4n) is 3.53. The van der Waals surface area contributed by atoms with Crippen LogP contribution < -0.4 is 0 Å². The minimum Gasteiger partial charge on any atom is -0.504 e. The molecule has 0 amide bonds. The van der Waals surface area contributed by atoms with Crippen molar-refractivity contribution in [3.8, 4) is 17.0 Å². The monoisotopic (exact) mass is 396 g/mol. The van der Waals surface area contributed by atoms with E-state index >= 15 is 0 Å². The highest BCUT2D eigenvalue weighted by Crippen LogP contribution is 2.40. The number of ether oxygens (including phenoxy) is 1. The van der Waals surface area contributed by atoms with Crippen molar-refractivity contribution >= 4 is 5.70 Å². The zero-order chi connectivity index (χ0) is 20.9. The molecule has 4 aromatic rings. The van der Waals surface area contributed by atoms with Gasteiger partial charge in [-0.15, -0.1) is 0 Å². The zero-order valence-corrected chi connectivity index (χ0v) is 16.9. The zero-order valence-electron chi connectivity index (χ0n) is 16.9. The van der Waals surface area contributed by atoms with Crippen LogP contribution in [0.1, 0.15) is 29.8 Å². The van der Waals surface area contributed by atoms with E-state index in [0.29, 0.717) is 23.7 Å². The number of rotatable bonds is 7. The van der Waals surface area contributed by atoms with E-state index in [0.717, 1.165) is 16.7 Å². The minimum absolute atomic E-state index is 0.0978. The number of benzene rings is 3. The molecule has 0 saturated heterocycles. The first-order valence-corrected chi connectivity index (χ1v) is 9.99. The summed E-state index contributed by atoms with van der Waals surface area (Å²) in [6.45, 7) is 6.70. The molecule has 1 N–H and O–H groups in total. The molecule has 0 saturated carbocycles. The van der Waals surface area contributed by atoms with E-state index in [1.54, 1.807) is 4.68 Å². The van der Waals surface area contributed by atoms with Crippen LogP contribution in [0.15, 0.2) is 97.6 Å². The molecule has 1 unspecified atom stereocenters. The highest BCUT2D eigenvalue weighted by Gasteiger charge is 2.28. The molecule has 4 rings (SSSR count). The Morgan fingerprint density at radius 1 is 0.933 bits per heavy atom. The second kappa shape index (κ2) is 8.80. The fraction of sp³-hybridized carbons (Fsp3) is 0.115. The lowest BCUT2D eigenvalue weighted by Crippen LogP contribution is -2.13. The second-order valence-corrected chi connectivity index (χ2v) is 6.92. The maximum absolute atomic E-state index is 11.3. The smallest absolute Gasteiger partial charge is 0.168 e. The van der Waals surface area contributed by atoms with Crippen LogP contribution in [0, 0.1) is 0 Å². The largest absolute Gasteiger partial charge is 0.504 e. The summed E-state index contributed by atoms with van der Waals surface area (Å²) in [4.78, 5) is 0. The first kappa shape index (κ1) is 19.7. The van der Waals surface area contributed by atoms with Gasteiger partial charge in [0.15, 0.2) is 5.75 Å². The van der Waals surface area contributed by atoms with Crippen molar-refractivity contribution in [3.63, 3.8) is 0 Å². The van der Waals surface area contributed by atoms with E-state index in [9.17, 15) is 5.11 Å². The lowest BCUT2D eigenvalue weighted by atomic mass is 10.0. The molecule has 0 aliphatic rings. The lowest BCUT2D eigenvalue weighted by molar-refractivity contribution is 0.0850. The first-order valence-electron chi connectivity index (χ1n) is 9.99. The van der Waals surface area contributed by atoms with Crippen molar-refractivity contribution in [2.45, 2.75) is 13.0 Å². The molecule has 0 radical (unpaired) electrons. The van der Waals surface area contributed by atoms with Crippen molar-refractivity contribution in [1.29, 1.82) is 0 Å². The summed E-state index contributed by atoms with van der Waals surface area (Å²) >= 11 is 0. The number of hydrogen-bond acceptors (Lipinski definition) is 3. The molecule has 0 fully saturated rings. The topological polar surface area (TPSA) is 47.3 Å². The van der Waals surface area contributed by atoms with Gasteiger partial charge >= 0.3 is 0 Å². The average Bonchev–Trinajstić information content (AvgIpc) is 3.15. The molecule has 30 heavy (non-hydrogen) atoms. The fourth-order valence-corrected chi connectivity index (χ4v) is 3.53. The molecular formula is C26H24N2O2. The van der Waals surface area contributed by atoms with Crippen molar-refractivity contribution in [3.05, 3.63) is 114 Å². The summed E-state index contributed by atoms with van der Waals surface area (Å²) in [5.74, 6) is 0.0978. The quantitative estimate of drug-likeness (QED) is 0.423. The van der Waals surface area contributed by atoms with Gasteiger partial charge in [-0.3, -0.25) is 0 Å². The Morgan fingerprint density at radius 3 is 2.10 bits per heavy atom. The summed E-state index contributed by atoms with van der Waals surface area (Å²) in [5, 5.41) is 16.1. The van der Waals surface area contributed by atoms with Crippen LogP contribution in [0.5, 0.6) is 5.75 Å². The van der Waals surface area contributed by atoms with Gasteiger partial charge in [0, 0.05) is 12.2 Å². The highest BCUT2D eigenvalue weighted by molar-refractivity contribution is 5.72. The standard InChI is InChI=1S/C26H24N2O2/c1-3-30-26(22-17-11-6-12-18-22)24-25(29)23(21-15-9-5-10-16-21)27-28(24)19(2)20-13-7-4-8-14-20/h4-18,26,29H,2-3H2,1H3. The van der Waals surface area contributed by atoms with Crippen LogP contribution in [-0.2, 0) is 4.74 Å². The molecule has 1 heterocycles. The molecule has 1 aromatic heterocycles. The molecular weight excluding hydrogens is 372 g/mol. The van der Waals surface area contributed by atoms with Gasteiger partial charge in [0.25, 0.3) is 0 Å². The molecule has 4 nitrogen and oxygen atoms in total. The second-order valence-electron chi connectivity index (χ2n) is 6.92. The molecule has 0 aliphatic heterocycles. The summed E-state index contributed by atoms with van der Waals surface area (Å²) < 4.78 is 7.82. The number of nitrogens with zero attached hydrogens (tertiary/aromatic N) is 2. The maximum atomic E-state index is 11.3. The van der Waals surface area contributed by atoms with Crippen LogP contribution in [0.4, 0.5) is 0 Å². The van der Waals surface area contributed by atoms with Crippen LogP contribution in [-0.4, -0.2) is 21.5 Å². The Kier molecular flexibility index (Phi) is 5.77. The van der Waals surface area contributed by atoms with E-state index in [4.69, 9.17) is 9.84 Å². The summed E-state index contributed by atoms with van der Waals surface area (Å²) in [5.41, 5.74) is 4.43. The highest BCUT2D eigenvalue weighted by atomic mass is 16.5. The number of hydrogen-bond donors (Lipinski definition) is 1. The molecule has 150 valence electrons. The van der Waals surface area contributed by atoms with Gasteiger partial charge in [-0.1, -0.05) is 97.6 Å². The predicted molar refractivity (Wildman–Crippen MR) is 120 cm³/mol. The first-order chi connectivity index (χ1) is 14.7. The van der Waals surface area contributed by atoms with Gasteiger partial charge < -0.3 is 9.84 Å². The predicted octanol–water partition coefficient (Wildman–Crippen LogP) is 5.90. The van der Waals surface area contributed by atoms with Crippen molar-refractivity contribution in [2.75, 3.05) is 6.61 Å². The van der Waals surface area contributed by atoms with Gasteiger partial charge in [0.2, 0.25) is 0 Å². The van der Waals surface area contributed by atoms with E-state index in [2.05, 4.69) is 6.58 Å². The maximum Gasteiger partial charge on any atom is 0.168 e. The summed E-state index contributed by atoms with van der Waals surface area (Å²) in [7, 11) is 0. The Bertz CT molecular complexity index is 1120. The van der Waals surface area contributed by atoms with Gasteiger partial charge in [-0.05, 0) is 18.1 Å². The lowest BCUT2D eigenvalue weighted by Gasteiger charge is -2.20. The van der Waals surface area contributed by atoms with E-state index in [-0.39, 0.29) is 5.75 Å². The molecule has 0 spiro atoms. The Hall–Kier alpha value is -3.63. The average molecular weight is 396 g/mol. The van der Waals surface area contributed by atoms with Crippen LogP contribution in [0.3, 0.4) is 0 Å². The van der Waals surface area contributed by atoms with Gasteiger partial charge in [-0.25, -0.2) is 4.68 Å². The normalized spacial score (nSPS) is 11.9. The number of aromatic hydroxyl groups is 1. The molecule has 1 atom stereocenters. The SMILES string of the molecule is C=C(c1ccccc1)n1nc(-c2ccccc2)c(O)c1C(OCC)c1ccccc1. The third-order valence-electron chi connectivity index (χ3n) is 4.99. The van der Waals surface area contributed by atoms with Crippen LogP contribution in [0.25, 0.3) is 17.0 Å². The summed E-state index contributed by atoms with van der Waals surface area (Å²) in [6.07, 6.45) is -0.485. The Labute approximate surface area is 176 Å². The van der Waals surface area contributed by atoms with Gasteiger partial charge in [-0.2, -0.15) is 5.10 Å². The third-order valence-corrected chi connectivity index (χ3v) is 4.99. The van der Waals surface area contributed by atoms with Crippen LogP contribution in [0.2, 0.25) is 0 Å². The third kappa shape index (κ3) is 3.78. The van der Waals surface area contributed by atoms with E-state index in [1.165, 1.54) is 0 Å². The number of aromatic nitrogens is 2. The minimum atomic E-state index is -0.485. The summed E-state index contributed by atoms with van der Waals surface area (Å²) in [6, 6.07) is 29.3. The molecule has 0 bridgehead atoms. The molecule has 3 aromatic carbocycles. The van der Waals surface area contributed by atoms with Gasteiger partial charge in [0.05, 0.1) is 5.70 Å². The Morgan fingerprint density at radius 2 is 1.50 bits per heavy atom. The van der Waals surface area contributed by atoms with E-state index in [1.807, 2.05) is 97.9 Å².